The number of ether oxygens (including phenoxy) is 1. The second-order valence-electron chi connectivity index (χ2n) is 4.58. The smallest absolute Gasteiger partial charge is 0.343 e. The van der Waals surface area contributed by atoms with Gasteiger partial charge in [0.15, 0.2) is 0 Å². The number of benzene rings is 1. The van der Waals surface area contributed by atoms with Crippen LogP contribution in [0.4, 0.5) is 0 Å². The molecule has 0 aliphatic rings. The zero-order valence-corrected chi connectivity index (χ0v) is 12.6. The predicted molar refractivity (Wildman–Crippen MR) is 83.0 cm³/mol. The van der Waals surface area contributed by atoms with Crippen molar-refractivity contribution in [1.82, 2.24) is 9.78 Å². The highest BCUT2D eigenvalue weighted by Crippen LogP contribution is 2.22. The van der Waals surface area contributed by atoms with Crippen LogP contribution in [0.2, 0.25) is 0 Å². The van der Waals surface area contributed by atoms with Crippen LogP contribution in [-0.2, 0) is 16.6 Å². The molecule has 0 saturated carbocycles. The van der Waals surface area contributed by atoms with Crippen LogP contribution >= 0.6 is 0 Å². The van der Waals surface area contributed by atoms with Crippen molar-refractivity contribution in [2.75, 3.05) is 7.11 Å². The van der Waals surface area contributed by atoms with E-state index < -0.39 is 5.97 Å². The molecule has 0 radical (unpaired) electrons. The Balaban J connectivity index is 2.54. The number of esters is 1. The molecule has 22 heavy (non-hydrogen) atoms. The van der Waals surface area contributed by atoms with E-state index in [1.165, 1.54) is 11.8 Å². The molecule has 0 bridgehead atoms. The third kappa shape index (κ3) is 3.01. The van der Waals surface area contributed by atoms with E-state index in [0.717, 1.165) is 11.8 Å². The quantitative estimate of drug-likeness (QED) is 0.399. The number of nitrogens with zero attached hydrogens (tertiary/aromatic N) is 2. The minimum absolute atomic E-state index is 0.0166. The summed E-state index contributed by atoms with van der Waals surface area (Å²) in [4.78, 5) is 11.8. The lowest BCUT2D eigenvalue weighted by Gasteiger charge is -2.05. The zero-order valence-electron chi connectivity index (χ0n) is 12.6. The summed E-state index contributed by atoms with van der Waals surface area (Å²) < 4.78 is 6.19. The number of aliphatic hydroxyl groups is 1. The molecule has 0 amide bonds. The molecule has 1 aromatic carbocycles. The maximum Gasteiger partial charge on any atom is 0.343 e. The van der Waals surface area contributed by atoms with E-state index >= 15 is 0 Å². The Hall–Kier alpha value is -3.00. The van der Waals surface area contributed by atoms with Crippen molar-refractivity contribution < 1.29 is 14.6 Å². The largest absolute Gasteiger partial charge is 0.515 e. The first-order valence-electron chi connectivity index (χ1n) is 6.62. The average molecular weight is 296 g/mol. The summed E-state index contributed by atoms with van der Waals surface area (Å²) in [5.41, 5.74) is 2.55. The second kappa shape index (κ2) is 6.64. The van der Waals surface area contributed by atoms with Gasteiger partial charge >= 0.3 is 5.97 Å². The van der Waals surface area contributed by atoms with Gasteiger partial charge in [0, 0.05) is 12.6 Å². The number of carbonyl (C=O) groups excluding carboxylic acids is 1. The standard InChI is InChI=1S/C17H16N2O3/c1-12-14(10-9-13-7-5-4-6-8-13)16(19(2)18-12)15(11-20)17(21)22-3/h4-8,11,20H,1-3H3/b15-11-. The van der Waals surface area contributed by atoms with E-state index in [-0.39, 0.29) is 5.57 Å². The summed E-state index contributed by atoms with van der Waals surface area (Å²) in [5.74, 6) is 5.40. The molecule has 112 valence electrons. The minimum Gasteiger partial charge on any atom is -0.515 e. The maximum absolute atomic E-state index is 11.8. The Labute approximate surface area is 128 Å². The van der Waals surface area contributed by atoms with Gasteiger partial charge in [-0.3, -0.25) is 4.68 Å². The molecule has 1 aromatic heterocycles. The van der Waals surface area contributed by atoms with Crippen LogP contribution in [0.15, 0.2) is 36.6 Å². The van der Waals surface area contributed by atoms with Crippen molar-refractivity contribution in [1.29, 1.82) is 0 Å². The minimum atomic E-state index is -0.645. The number of aromatic nitrogens is 2. The summed E-state index contributed by atoms with van der Waals surface area (Å²) >= 11 is 0. The van der Waals surface area contributed by atoms with Gasteiger partial charge < -0.3 is 9.84 Å². The molecule has 0 atom stereocenters. The van der Waals surface area contributed by atoms with Crippen molar-refractivity contribution in [3.8, 4) is 11.8 Å². The fourth-order valence-corrected chi connectivity index (χ4v) is 2.09. The van der Waals surface area contributed by atoms with E-state index in [1.54, 1.807) is 14.0 Å². The molecule has 5 heteroatoms. The Morgan fingerprint density at radius 1 is 1.32 bits per heavy atom. The van der Waals surface area contributed by atoms with Crippen molar-refractivity contribution in [2.45, 2.75) is 6.92 Å². The number of hydrogen-bond donors (Lipinski definition) is 1. The molecule has 0 aliphatic heterocycles. The van der Waals surface area contributed by atoms with Gasteiger partial charge in [-0.1, -0.05) is 30.0 Å². The van der Waals surface area contributed by atoms with E-state index in [2.05, 4.69) is 21.7 Å². The van der Waals surface area contributed by atoms with Crippen LogP contribution < -0.4 is 0 Å². The number of aryl methyl sites for hydroxylation is 2. The van der Waals surface area contributed by atoms with Crippen molar-refractivity contribution >= 4 is 11.5 Å². The van der Waals surface area contributed by atoms with E-state index in [1.807, 2.05) is 30.3 Å². The van der Waals surface area contributed by atoms with Gasteiger partial charge in [-0.15, -0.1) is 0 Å². The summed E-state index contributed by atoms with van der Waals surface area (Å²) in [6.07, 6.45) is 0.718. The molecule has 0 spiro atoms. The molecule has 1 N–H and O–H groups in total. The third-order valence-corrected chi connectivity index (χ3v) is 3.12. The van der Waals surface area contributed by atoms with Crippen LogP contribution in [0.3, 0.4) is 0 Å². The first kappa shape index (κ1) is 15.4. The van der Waals surface area contributed by atoms with Gasteiger partial charge in [0.25, 0.3) is 0 Å². The predicted octanol–water partition coefficient (Wildman–Crippen LogP) is 2.20. The van der Waals surface area contributed by atoms with Crippen molar-refractivity contribution in [2.24, 2.45) is 7.05 Å². The lowest BCUT2D eigenvalue weighted by Crippen LogP contribution is -2.09. The van der Waals surface area contributed by atoms with Gasteiger partial charge in [-0.2, -0.15) is 5.10 Å². The van der Waals surface area contributed by atoms with Gasteiger partial charge in [0.05, 0.1) is 30.3 Å². The van der Waals surface area contributed by atoms with E-state index in [9.17, 15) is 9.90 Å². The lowest BCUT2D eigenvalue weighted by molar-refractivity contribution is -0.133. The van der Waals surface area contributed by atoms with Gasteiger partial charge in [0.2, 0.25) is 0 Å². The maximum atomic E-state index is 11.8. The zero-order chi connectivity index (χ0) is 16.1. The molecule has 0 unspecified atom stereocenters. The van der Waals surface area contributed by atoms with Gasteiger partial charge in [-0.05, 0) is 19.1 Å². The molecular weight excluding hydrogens is 280 g/mol. The topological polar surface area (TPSA) is 64.3 Å². The fourth-order valence-electron chi connectivity index (χ4n) is 2.09. The van der Waals surface area contributed by atoms with Crippen LogP contribution in [0.25, 0.3) is 5.57 Å². The normalized spacial score (nSPS) is 10.8. The highest BCUT2D eigenvalue weighted by atomic mass is 16.5. The number of aliphatic hydroxyl groups excluding tert-OH is 1. The molecule has 0 fully saturated rings. The summed E-state index contributed by atoms with van der Waals surface area (Å²) in [6.45, 7) is 1.80. The summed E-state index contributed by atoms with van der Waals surface area (Å²) in [5, 5.41) is 13.6. The van der Waals surface area contributed by atoms with Crippen LogP contribution in [-0.4, -0.2) is 28.0 Å². The summed E-state index contributed by atoms with van der Waals surface area (Å²) in [7, 11) is 2.94. The molecule has 5 nitrogen and oxygen atoms in total. The highest BCUT2D eigenvalue weighted by molar-refractivity contribution is 6.16. The number of carbonyl (C=O) groups is 1. The van der Waals surface area contributed by atoms with Crippen LogP contribution in [0.5, 0.6) is 0 Å². The molecule has 0 aliphatic carbocycles. The number of rotatable bonds is 2. The Morgan fingerprint density at radius 3 is 2.59 bits per heavy atom. The Bertz CT molecular complexity index is 777. The average Bonchev–Trinajstić information content (AvgIpc) is 2.81. The molecule has 0 saturated heterocycles. The first-order chi connectivity index (χ1) is 10.6. The first-order valence-corrected chi connectivity index (χ1v) is 6.62. The lowest BCUT2D eigenvalue weighted by atomic mass is 10.1. The van der Waals surface area contributed by atoms with E-state index in [4.69, 9.17) is 0 Å². The highest BCUT2D eigenvalue weighted by Gasteiger charge is 2.22. The molecular formula is C17H16N2O3. The summed E-state index contributed by atoms with van der Waals surface area (Å²) in [6, 6.07) is 9.49. The monoisotopic (exact) mass is 296 g/mol. The fraction of sp³-hybridized carbons (Fsp3) is 0.176. The third-order valence-electron chi connectivity index (χ3n) is 3.12. The van der Waals surface area contributed by atoms with Crippen molar-refractivity contribution in [3.05, 3.63) is 59.1 Å². The Kier molecular flexibility index (Phi) is 4.64. The number of hydrogen-bond acceptors (Lipinski definition) is 4. The van der Waals surface area contributed by atoms with Crippen LogP contribution in [0.1, 0.15) is 22.5 Å². The SMILES string of the molecule is COC(=O)/C(=C\O)c1c(C#Cc2ccccc2)c(C)nn1C. The van der Waals surface area contributed by atoms with E-state index in [0.29, 0.717) is 17.0 Å². The Morgan fingerprint density at radius 2 is 2.00 bits per heavy atom. The van der Waals surface area contributed by atoms with Gasteiger partial charge in [0.1, 0.15) is 5.57 Å². The van der Waals surface area contributed by atoms with Gasteiger partial charge in [-0.25, -0.2) is 4.79 Å². The van der Waals surface area contributed by atoms with Crippen LogP contribution in [0, 0.1) is 18.8 Å². The second-order valence-corrected chi connectivity index (χ2v) is 4.58. The number of methoxy groups -OCH3 is 1. The molecule has 1 heterocycles. The molecule has 2 aromatic rings. The van der Waals surface area contributed by atoms with Crippen molar-refractivity contribution in [3.63, 3.8) is 0 Å². The molecule has 2 rings (SSSR count).